The van der Waals surface area contributed by atoms with E-state index in [4.69, 9.17) is 0 Å². The summed E-state index contributed by atoms with van der Waals surface area (Å²) in [6, 6.07) is 0. The molecule has 160 valence electrons. The molecule has 2 N–H and O–H groups in total. The molecule has 3 unspecified atom stereocenters. The van der Waals surface area contributed by atoms with Gasteiger partial charge in [0.15, 0.2) is 0 Å². The fraction of sp³-hybridized carbons (Fsp3) is 0.955. The Hall–Kier alpha value is -0.620. The third kappa shape index (κ3) is 2.96. The SMILES string of the molecule is CC1/C(=N/NS(C)(=O)=O)CC[C@@]2(C)C1CC[C@@H]1[C@H]2CC[C@@]2(C)[C@H]1CCC2(C)O. The number of nitrogens with zero attached hydrogens (tertiary/aromatic N) is 1. The minimum atomic E-state index is -3.30. The summed E-state index contributed by atoms with van der Waals surface area (Å²) >= 11 is 0. The van der Waals surface area contributed by atoms with Crippen LogP contribution in [-0.4, -0.2) is 31.1 Å². The minimum Gasteiger partial charge on any atom is -0.390 e. The fourth-order valence-corrected chi connectivity index (χ4v) is 8.36. The average molecular weight is 411 g/mol. The first kappa shape index (κ1) is 20.6. The van der Waals surface area contributed by atoms with Gasteiger partial charge in [-0.2, -0.15) is 5.10 Å². The number of hydrazone groups is 1. The molecule has 0 spiro atoms. The molecule has 0 amide bonds. The summed E-state index contributed by atoms with van der Waals surface area (Å²) in [6.07, 6.45) is 10.1. The van der Waals surface area contributed by atoms with Crippen LogP contribution in [0, 0.1) is 40.4 Å². The van der Waals surface area contributed by atoms with E-state index in [0.29, 0.717) is 23.2 Å². The number of sulfonamides is 1. The van der Waals surface area contributed by atoms with Crippen molar-refractivity contribution in [3.05, 3.63) is 0 Å². The molecule has 4 aliphatic rings. The molecule has 28 heavy (non-hydrogen) atoms. The molecule has 0 aromatic carbocycles. The minimum absolute atomic E-state index is 0.0731. The predicted molar refractivity (Wildman–Crippen MR) is 112 cm³/mol. The lowest BCUT2D eigenvalue weighted by Crippen LogP contribution is -2.57. The van der Waals surface area contributed by atoms with Gasteiger partial charge in [0.05, 0.1) is 11.9 Å². The molecular formula is C22H38N2O3S. The molecule has 0 radical (unpaired) electrons. The molecule has 6 heteroatoms. The second-order valence-electron chi connectivity index (χ2n) is 11.1. The summed E-state index contributed by atoms with van der Waals surface area (Å²) in [6.45, 7) is 9.17. The highest BCUT2D eigenvalue weighted by molar-refractivity contribution is 7.88. The second-order valence-corrected chi connectivity index (χ2v) is 12.8. The summed E-state index contributed by atoms with van der Waals surface area (Å²) in [4.78, 5) is 2.36. The largest absolute Gasteiger partial charge is 0.390 e. The topological polar surface area (TPSA) is 78.8 Å². The molecule has 0 saturated heterocycles. The maximum atomic E-state index is 11.5. The van der Waals surface area contributed by atoms with Crippen molar-refractivity contribution in [1.82, 2.24) is 4.83 Å². The lowest BCUT2D eigenvalue weighted by atomic mass is 9.43. The lowest BCUT2D eigenvalue weighted by Gasteiger charge is -2.62. The van der Waals surface area contributed by atoms with Gasteiger partial charge in [-0.05, 0) is 98.7 Å². The number of rotatable bonds is 2. The van der Waals surface area contributed by atoms with Crippen LogP contribution >= 0.6 is 0 Å². The van der Waals surface area contributed by atoms with E-state index in [1.54, 1.807) is 0 Å². The van der Waals surface area contributed by atoms with Gasteiger partial charge < -0.3 is 5.11 Å². The highest BCUT2D eigenvalue weighted by Crippen LogP contribution is 2.68. The van der Waals surface area contributed by atoms with Gasteiger partial charge in [-0.3, -0.25) is 0 Å². The van der Waals surface area contributed by atoms with Crippen LogP contribution in [0.2, 0.25) is 0 Å². The summed E-state index contributed by atoms with van der Waals surface area (Å²) in [5, 5.41) is 15.4. The Labute approximate surface area is 170 Å². The third-order valence-corrected chi connectivity index (χ3v) is 10.3. The average Bonchev–Trinajstić information content (AvgIpc) is 2.83. The molecule has 5 nitrogen and oxygen atoms in total. The van der Waals surface area contributed by atoms with Gasteiger partial charge in [-0.25, -0.2) is 13.2 Å². The number of fused-ring (bicyclic) bond motifs is 5. The van der Waals surface area contributed by atoms with Crippen LogP contribution in [-0.2, 0) is 10.0 Å². The maximum absolute atomic E-state index is 11.5. The van der Waals surface area contributed by atoms with Gasteiger partial charge in [-0.1, -0.05) is 20.8 Å². The Kier molecular flexibility index (Phi) is 4.75. The maximum Gasteiger partial charge on any atom is 0.244 e. The second kappa shape index (κ2) is 6.44. The zero-order chi connectivity index (χ0) is 20.5. The van der Waals surface area contributed by atoms with Crippen molar-refractivity contribution in [3.63, 3.8) is 0 Å². The summed E-state index contributed by atoms with van der Waals surface area (Å²) in [7, 11) is -3.30. The zero-order valence-corrected chi connectivity index (χ0v) is 19.0. The molecule has 0 bridgehead atoms. The van der Waals surface area contributed by atoms with Gasteiger partial charge in [0.2, 0.25) is 10.0 Å². The Bertz CT molecular complexity index is 777. The lowest BCUT2D eigenvalue weighted by molar-refractivity contribution is -0.144. The van der Waals surface area contributed by atoms with E-state index in [1.165, 1.54) is 25.7 Å². The molecular weight excluding hydrogens is 372 g/mol. The van der Waals surface area contributed by atoms with E-state index in [-0.39, 0.29) is 5.41 Å². The predicted octanol–water partition coefficient (Wildman–Crippen LogP) is 3.93. The van der Waals surface area contributed by atoms with Crippen LogP contribution < -0.4 is 4.83 Å². The Balaban J connectivity index is 1.58. The molecule has 0 aromatic rings. The van der Waals surface area contributed by atoms with E-state index in [9.17, 15) is 13.5 Å². The normalized spacial score (nSPS) is 52.6. The van der Waals surface area contributed by atoms with Crippen LogP contribution in [0.5, 0.6) is 0 Å². The summed E-state index contributed by atoms with van der Waals surface area (Å²) in [5.74, 6) is 3.01. The molecule has 8 atom stereocenters. The molecule has 4 aliphatic carbocycles. The van der Waals surface area contributed by atoms with Crippen LogP contribution in [0.15, 0.2) is 5.10 Å². The quantitative estimate of drug-likeness (QED) is 0.677. The van der Waals surface area contributed by atoms with Gasteiger partial charge in [0.25, 0.3) is 0 Å². The molecule has 0 aliphatic heterocycles. The molecule has 0 heterocycles. The number of nitrogens with one attached hydrogen (secondary N) is 1. The van der Waals surface area contributed by atoms with Gasteiger partial charge in [0, 0.05) is 5.71 Å². The van der Waals surface area contributed by atoms with E-state index in [2.05, 4.69) is 37.6 Å². The van der Waals surface area contributed by atoms with Crippen molar-refractivity contribution < 1.29 is 13.5 Å². The van der Waals surface area contributed by atoms with Crippen molar-refractivity contribution in [2.24, 2.45) is 45.5 Å². The molecule has 4 saturated carbocycles. The Morgan fingerprint density at radius 1 is 1.00 bits per heavy atom. The zero-order valence-electron chi connectivity index (χ0n) is 18.2. The van der Waals surface area contributed by atoms with Crippen LogP contribution in [0.1, 0.15) is 79.1 Å². The van der Waals surface area contributed by atoms with Crippen molar-refractivity contribution >= 4 is 15.7 Å². The van der Waals surface area contributed by atoms with Crippen LogP contribution in [0.4, 0.5) is 0 Å². The monoisotopic (exact) mass is 410 g/mol. The number of hydrogen-bond acceptors (Lipinski definition) is 4. The number of aliphatic hydroxyl groups is 1. The van der Waals surface area contributed by atoms with Crippen molar-refractivity contribution in [1.29, 1.82) is 0 Å². The molecule has 4 fully saturated rings. The molecule has 0 aromatic heterocycles. The highest BCUT2D eigenvalue weighted by atomic mass is 32.2. The van der Waals surface area contributed by atoms with Gasteiger partial charge >= 0.3 is 0 Å². The van der Waals surface area contributed by atoms with Gasteiger partial charge in [-0.15, -0.1) is 0 Å². The van der Waals surface area contributed by atoms with E-state index >= 15 is 0 Å². The van der Waals surface area contributed by atoms with E-state index in [1.807, 2.05) is 0 Å². The standard InChI is InChI=1S/C22H38N2O3S/c1-14-16-7-6-15-17(8-12-21(3)18(15)9-13-22(21,4)25)20(16,2)11-10-19(14)23-24-28(5,26)27/h14-18,24-25H,6-13H2,1-5H3/b23-19+/t14?,15-,16?,17-,18+,20+,21+,22?/m1/s1. The first-order valence-electron chi connectivity index (χ1n) is 11.1. The van der Waals surface area contributed by atoms with Crippen molar-refractivity contribution in [2.45, 2.75) is 84.7 Å². The first-order valence-corrected chi connectivity index (χ1v) is 13.0. The van der Waals surface area contributed by atoms with E-state index < -0.39 is 15.6 Å². The Morgan fingerprint density at radius 3 is 2.36 bits per heavy atom. The van der Waals surface area contributed by atoms with Crippen molar-refractivity contribution in [3.8, 4) is 0 Å². The summed E-state index contributed by atoms with van der Waals surface area (Å²) < 4.78 is 22.9. The van der Waals surface area contributed by atoms with Crippen LogP contribution in [0.25, 0.3) is 0 Å². The first-order chi connectivity index (χ1) is 12.9. The third-order valence-electron chi connectivity index (χ3n) is 9.91. The fourth-order valence-electron chi connectivity index (χ4n) is 8.08. The van der Waals surface area contributed by atoms with E-state index in [0.717, 1.165) is 49.5 Å². The smallest absolute Gasteiger partial charge is 0.244 e. The summed E-state index contributed by atoms with van der Waals surface area (Å²) in [5.41, 5.74) is 0.888. The highest BCUT2D eigenvalue weighted by Gasteiger charge is 2.63. The molecule has 4 rings (SSSR count). The number of hydrogen-bond donors (Lipinski definition) is 2. The Morgan fingerprint density at radius 2 is 1.68 bits per heavy atom. The van der Waals surface area contributed by atoms with Crippen molar-refractivity contribution in [2.75, 3.05) is 6.26 Å². The van der Waals surface area contributed by atoms with Gasteiger partial charge in [0.1, 0.15) is 0 Å². The van der Waals surface area contributed by atoms with Crippen LogP contribution in [0.3, 0.4) is 0 Å².